The van der Waals surface area contributed by atoms with Gasteiger partial charge in [-0.15, -0.1) is 0 Å². The number of hydrogen-bond acceptors (Lipinski definition) is 3. The van der Waals surface area contributed by atoms with Gasteiger partial charge in [-0.05, 0) is 13.0 Å². The van der Waals surface area contributed by atoms with Crippen LogP contribution in [0.3, 0.4) is 0 Å². The molecule has 2 amide bonds. The Balaban J connectivity index is 1.99. The maximum atomic E-state index is 12.2. The summed E-state index contributed by atoms with van der Waals surface area (Å²) < 4.78 is 4.85. The minimum atomic E-state index is -0.608. The van der Waals surface area contributed by atoms with Crippen molar-refractivity contribution in [2.75, 3.05) is 20.3 Å². The number of H-pyrrole nitrogens is 1. The fourth-order valence-corrected chi connectivity index (χ4v) is 2.03. The van der Waals surface area contributed by atoms with Crippen LogP contribution < -0.4 is 10.6 Å². The minimum absolute atomic E-state index is 0.236. The molecule has 0 aliphatic carbocycles. The standard InChI is InChI=1S/C15H19N3O3/c1-10(14(19)16-7-8-21-2)18-15(20)12-9-17-13-6-4-3-5-11(12)13/h3-6,9-10,17H,7-8H2,1-2H3,(H,16,19)(H,18,20). The van der Waals surface area contributed by atoms with Crippen LogP contribution in [-0.2, 0) is 9.53 Å². The fraction of sp³-hybridized carbons (Fsp3) is 0.333. The molecule has 1 heterocycles. The van der Waals surface area contributed by atoms with Gasteiger partial charge in [0, 0.05) is 30.8 Å². The third kappa shape index (κ3) is 3.61. The highest BCUT2D eigenvalue weighted by atomic mass is 16.5. The molecule has 0 aliphatic rings. The van der Waals surface area contributed by atoms with Crippen molar-refractivity contribution in [3.63, 3.8) is 0 Å². The first kappa shape index (κ1) is 15.1. The number of rotatable bonds is 6. The molecule has 1 unspecified atom stereocenters. The van der Waals surface area contributed by atoms with E-state index >= 15 is 0 Å². The molecule has 1 atom stereocenters. The van der Waals surface area contributed by atoms with Crippen molar-refractivity contribution in [3.05, 3.63) is 36.0 Å². The van der Waals surface area contributed by atoms with Gasteiger partial charge in [-0.3, -0.25) is 9.59 Å². The van der Waals surface area contributed by atoms with Crippen molar-refractivity contribution < 1.29 is 14.3 Å². The summed E-state index contributed by atoms with van der Waals surface area (Å²) in [5.41, 5.74) is 1.42. The van der Waals surface area contributed by atoms with Crippen LogP contribution in [0.1, 0.15) is 17.3 Å². The van der Waals surface area contributed by atoms with Gasteiger partial charge in [-0.2, -0.15) is 0 Å². The maximum absolute atomic E-state index is 12.2. The highest BCUT2D eigenvalue weighted by Gasteiger charge is 2.18. The predicted molar refractivity (Wildman–Crippen MR) is 80.1 cm³/mol. The molecular formula is C15H19N3O3. The fourth-order valence-electron chi connectivity index (χ4n) is 2.03. The van der Waals surface area contributed by atoms with Crippen molar-refractivity contribution in [1.82, 2.24) is 15.6 Å². The Morgan fingerprint density at radius 1 is 1.33 bits per heavy atom. The zero-order chi connectivity index (χ0) is 15.2. The second kappa shape index (κ2) is 6.90. The quantitative estimate of drug-likeness (QED) is 0.695. The second-order valence-corrected chi connectivity index (χ2v) is 4.73. The van der Waals surface area contributed by atoms with E-state index in [9.17, 15) is 9.59 Å². The summed E-state index contributed by atoms with van der Waals surface area (Å²) in [7, 11) is 1.56. The summed E-state index contributed by atoms with van der Waals surface area (Å²) in [5, 5.41) is 6.21. The van der Waals surface area contributed by atoms with E-state index in [1.54, 1.807) is 20.2 Å². The molecule has 2 aromatic rings. The third-order valence-corrected chi connectivity index (χ3v) is 3.18. The zero-order valence-electron chi connectivity index (χ0n) is 12.1. The second-order valence-electron chi connectivity index (χ2n) is 4.73. The summed E-state index contributed by atoms with van der Waals surface area (Å²) in [6.45, 7) is 2.51. The molecule has 21 heavy (non-hydrogen) atoms. The number of aromatic amines is 1. The molecule has 1 aromatic carbocycles. The van der Waals surface area contributed by atoms with Crippen molar-refractivity contribution in [3.8, 4) is 0 Å². The van der Waals surface area contributed by atoms with Crippen LogP contribution in [0, 0.1) is 0 Å². The molecule has 2 rings (SSSR count). The van der Waals surface area contributed by atoms with E-state index in [-0.39, 0.29) is 11.8 Å². The molecule has 3 N–H and O–H groups in total. The number of hydrogen-bond donors (Lipinski definition) is 3. The molecule has 0 saturated heterocycles. The number of para-hydroxylation sites is 1. The molecule has 0 spiro atoms. The number of carbonyl (C=O) groups is 2. The number of benzene rings is 1. The van der Waals surface area contributed by atoms with Crippen molar-refractivity contribution in [2.24, 2.45) is 0 Å². The lowest BCUT2D eigenvalue weighted by molar-refractivity contribution is -0.122. The molecule has 6 nitrogen and oxygen atoms in total. The van der Waals surface area contributed by atoms with Crippen LogP contribution in [0.5, 0.6) is 0 Å². The Hall–Kier alpha value is -2.34. The Kier molecular flexibility index (Phi) is 4.94. The highest BCUT2D eigenvalue weighted by Crippen LogP contribution is 2.17. The summed E-state index contributed by atoms with van der Waals surface area (Å²) in [6.07, 6.45) is 1.65. The summed E-state index contributed by atoms with van der Waals surface area (Å²) in [4.78, 5) is 27.1. The van der Waals surface area contributed by atoms with Crippen LogP contribution in [0.4, 0.5) is 0 Å². The van der Waals surface area contributed by atoms with Gasteiger partial charge in [0.15, 0.2) is 0 Å². The van der Waals surface area contributed by atoms with E-state index in [2.05, 4.69) is 15.6 Å². The molecule has 0 radical (unpaired) electrons. The molecule has 0 aliphatic heterocycles. The van der Waals surface area contributed by atoms with Crippen molar-refractivity contribution in [2.45, 2.75) is 13.0 Å². The van der Waals surface area contributed by atoms with Gasteiger partial charge in [-0.25, -0.2) is 0 Å². The van der Waals surface area contributed by atoms with Gasteiger partial charge in [0.25, 0.3) is 5.91 Å². The lowest BCUT2D eigenvalue weighted by Crippen LogP contribution is -2.45. The number of ether oxygens (including phenoxy) is 1. The molecule has 6 heteroatoms. The topological polar surface area (TPSA) is 83.2 Å². The number of nitrogens with one attached hydrogen (secondary N) is 3. The van der Waals surface area contributed by atoms with Crippen molar-refractivity contribution >= 4 is 22.7 Å². The molecule has 0 fully saturated rings. The molecule has 1 aromatic heterocycles. The lowest BCUT2D eigenvalue weighted by atomic mass is 10.1. The van der Waals surface area contributed by atoms with E-state index in [1.165, 1.54) is 0 Å². The first-order chi connectivity index (χ1) is 10.1. The Morgan fingerprint density at radius 3 is 2.86 bits per heavy atom. The number of amides is 2. The number of methoxy groups -OCH3 is 1. The zero-order valence-corrected chi connectivity index (χ0v) is 12.1. The first-order valence-corrected chi connectivity index (χ1v) is 6.77. The monoisotopic (exact) mass is 289 g/mol. The van der Waals surface area contributed by atoms with Gasteiger partial charge >= 0.3 is 0 Å². The third-order valence-electron chi connectivity index (χ3n) is 3.18. The smallest absolute Gasteiger partial charge is 0.254 e. The molecule has 0 bridgehead atoms. The highest BCUT2D eigenvalue weighted by molar-refractivity contribution is 6.07. The predicted octanol–water partition coefficient (Wildman–Crippen LogP) is 1.05. The van der Waals surface area contributed by atoms with Crippen molar-refractivity contribution in [1.29, 1.82) is 0 Å². The van der Waals surface area contributed by atoms with E-state index in [4.69, 9.17) is 4.74 Å². The largest absolute Gasteiger partial charge is 0.383 e. The van der Waals surface area contributed by atoms with E-state index in [1.807, 2.05) is 24.3 Å². The van der Waals surface area contributed by atoms with Crippen LogP contribution in [-0.4, -0.2) is 43.1 Å². The SMILES string of the molecule is COCCNC(=O)C(C)NC(=O)c1c[nH]c2ccccc12. The lowest BCUT2D eigenvalue weighted by Gasteiger charge is -2.13. The number of carbonyl (C=O) groups excluding carboxylic acids is 2. The van der Waals surface area contributed by atoms with E-state index in [0.717, 1.165) is 10.9 Å². The van der Waals surface area contributed by atoms with E-state index < -0.39 is 6.04 Å². The summed E-state index contributed by atoms with van der Waals surface area (Å²) in [6, 6.07) is 6.92. The molecule has 112 valence electrons. The van der Waals surface area contributed by atoms with Gasteiger partial charge < -0.3 is 20.4 Å². The Labute approximate surface area is 122 Å². The first-order valence-electron chi connectivity index (χ1n) is 6.77. The average Bonchev–Trinajstić information content (AvgIpc) is 2.91. The normalized spacial score (nSPS) is 12.1. The molecular weight excluding hydrogens is 270 g/mol. The summed E-state index contributed by atoms with van der Waals surface area (Å²) >= 11 is 0. The van der Waals surface area contributed by atoms with Crippen LogP contribution in [0.25, 0.3) is 10.9 Å². The summed E-state index contributed by atoms with van der Waals surface area (Å²) in [5.74, 6) is -0.512. The van der Waals surface area contributed by atoms with Crippen LogP contribution in [0.2, 0.25) is 0 Å². The van der Waals surface area contributed by atoms with Gasteiger partial charge in [-0.1, -0.05) is 18.2 Å². The van der Waals surface area contributed by atoms with Crippen LogP contribution >= 0.6 is 0 Å². The van der Waals surface area contributed by atoms with Crippen LogP contribution in [0.15, 0.2) is 30.5 Å². The average molecular weight is 289 g/mol. The van der Waals surface area contributed by atoms with Gasteiger partial charge in [0.05, 0.1) is 12.2 Å². The number of aromatic nitrogens is 1. The van der Waals surface area contributed by atoms with E-state index in [0.29, 0.717) is 18.7 Å². The Bertz CT molecular complexity index is 636. The minimum Gasteiger partial charge on any atom is -0.383 e. The maximum Gasteiger partial charge on any atom is 0.254 e. The molecule has 0 saturated carbocycles. The van der Waals surface area contributed by atoms with Gasteiger partial charge in [0.1, 0.15) is 6.04 Å². The Morgan fingerprint density at radius 2 is 2.10 bits per heavy atom. The van der Waals surface area contributed by atoms with Gasteiger partial charge in [0.2, 0.25) is 5.91 Å². The number of fused-ring (bicyclic) bond motifs is 1.